The highest BCUT2D eigenvalue weighted by atomic mass is 35.5. The molecule has 0 saturated carbocycles. The smallest absolute Gasteiger partial charge is 0.248 e. The molecule has 0 spiro atoms. The van der Waals surface area contributed by atoms with Gasteiger partial charge < -0.3 is 14.8 Å². The molecule has 0 bridgehead atoms. The van der Waals surface area contributed by atoms with Gasteiger partial charge in [-0.3, -0.25) is 4.79 Å². The molecule has 3 aromatic rings. The average Bonchev–Trinajstić information content (AvgIpc) is 3.01. The topological polar surface area (TPSA) is 65.4 Å². The highest BCUT2D eigenvalue weighted by molar-refractivity contribution is 6.31. The number of benzene rings is 2. The Bertz CT molecular complexity index is 999. The molecular weight excluding hydrogens is 402 g/mol. The van der Waals surface area contributed by atoms with Crippen LogP contribution in [0.25, 0.3) is 6.08 Å². The molecule has 156 valence electrons. The summed E-state index contributed by atoms with van der Waals surface area (Å²) in [4.78, 5) is 12.3. The number of hydrogen-bond acceptors (Lipinski definition) is 4. The highest BCUT2D eigenvalue weighted by Gasteiger charge is 2.12. The molecule has 0 unspecified atom stereocenters. The number of amides is 1. The van der Waals surface area contributed by atoms with E-state index in [0.717, 1.165) is 16.8 Å². The van der Waals surface area contributed by atoms with Crippen molar-refractivity contribution in [3.63, 3.8) is 0 Å². The van der Waals surface area contributed by atoms with Crippen molar-refractivity contribution >= 4 is 29.3 Å². The third kappa shape index (κ3) is 5.95. The van der Waals surface area contributed by atoms with Crippen molar-refractivity contribution < 1.29 is 14.3 Å². The fraction of sp³-hybridized carbons (Fsp3) is 0.217. The normalized spacial score (nSPS) is 11.0. The van der Waals surface area contributed by atoms with Gasteiger partial charge in [-0.05, 0) is 42.8 Å². The molecule has 7 heteroatoms. The summed E-state index contributed by atoms with van der Waals surface area (Å²) in [5.41, 5.74) is 3.26. The number of methoxy groups -OCH3 is 1. The Kier molecular flexibility index (Phi) is 7.65. The molecule has 1 aromatic heterocycles. The van der Waals surface area contributed by atoms with Crippen LogP contribution in [0.5, 0.6) is 5.75 Å². The Balaban J connectivity index is 1.61. The summed E-state index contributed by atoms with van der Waals surface area (Å²) in [5, 5.41) is 7.80. The molecule has 0 aliphatic carbocycles. The van der Waals surface area contributed by atoms with Crippen molar-refractivity contribution in [2.75, 3.05) is 25.6 Å². The van der Waals surface area contributed by atoms with Crippen LogP contribution in [-0.4, -0.2) is 36.0 Å². The first kappa shape index (κ1) is 21.6. The third-order valence-corrected chi connectivity index (χ3v) is 4.76. The van der Waals surface area contributed by atoms with E-state index in [1.54, 1.807) is 42.1 Å². The largest absolute Gasteiger partial charge is 0.491 e. The summed E-state index contributed by atoms with van der Waals surface area (Å²) in [6.45, 7) is 3.43. The van der Waals surface area contributed by atoms with Gasteiger partial charge in [0.05, 0.1) is 18.8 Å². The number of anilines is 1. The van der Waals surface area contributed by atoms with E-state index in [9.17, 15) is 4.79 Å². The van der Waals surface area contributed by atoms with Gasteiger partial charge in [-0.1, -0.05) is 41.9 Å². The zero-order chi connectivity index (χ0) is 21.3. The fourth-order valence-corrected chi connectivity index (χ4v) is 3.14. The van der Waals surface area contributed by atoms with Crippen molar-refractivity contribution in [2.24, 2.45) is 0 Å². The van der Waals surface area contributed by atoms with Crippen molar-refractivity contribution in [3.8, 4) is 5.75 Å². The van der Waals surface area contributed by atoms with E-state index in [1.165, 1.54) is 6.08 Å². The number of ether oxygens (including phenoxy) is 2. The molecule has 1 N–H and O–H groups in total. The minimum absolute atomic E-state index is 0.255. The second-order valence-electron chi connectivity index (χ2n) is 6.62. The van der Waals surface area contributed by atoms with Crippen LogP contribution in [0.4, 0.5) is 5.69 Å². The second kappa shape index (κ2) is 10.6. The van der Waals surface area contributed by atoms with Gasteiger partial charge in [0, 0.05) is 24.4 Å². The number of carbonyl (C=O) groups is 1. The monoisotopic (exact) mass is 425 g/mol. The minimum atomic E-state index is -0.255. The van der Waals surface area contributed by atoms with Gasteiger partial charge in [-0.25, -0.2) is 4.68 Å². The first-order valence-corrected chi connectivity index (χ1v) is 9.92. The SMILES string of the molecule is COCCOc1ccc(NC(=O)/C=C/c2c(C)nn(Cc3ccccc3)c2Cl)cc1. The lowest BCUT2D eigenvalue weighted by Crippen LogP contribution is -2.08. The first-order chi connectivity index (χ1) is 14.6. The lowest BCUT2D eigenvalue weighted by Gasteiger charge is -2.07. The number of nitrogens with one attached hydrogen (secondary N) is 1. The molecule has 1 amide bonds. The quantitative estimate of drug-likeness (QED) is 0.403. The number of aryl methyl sites for hydroxylation is 1. The Labute approximate surface area is 181 Å². The van der Waals surface area contributed by atoms with Crippen LogP contribution >= 0.6 is 11.6 Å². The number of nitrogens with zero attached hydrogens (tertiary/aromatic N) is 2. The van der Waals surface area contributed by atoms with Crippen LogP contribution in [0.3, 0.4) is 0 Å². The van der Waals surface area contributed by atoms with Crippen LogP contribution in [-0.2, 0) is 16.1 Å². The molecule has 1 heterocycles. The van der Waals surface area contributed by atoms with Crippen molar-refractivity contribution in [3.05, 3.63) is 82.6 Å². The maximum Gasteiger partial charge on any atom is 0.248 e. The molecule has 0 saturated heterocycles. The highest BCUT2D eigenvalue weighted by Crippen LogP contribution is 2.22. The maximum absolute atomic E-state index is 12.3. The van der Waals surface area contributed by atoms with Gasteiger partial charge in [0.15, 0.2) is 0 Å². The predicted octanol–water partition coefficient (Wildman–Crippen LogP) is 4.57. The molecule has 3 rings (SSSR count). The van der Waals surface area contributed by atoms with Gasteiger partial charge in [-0.15, -0.1) is 0 Å². The van der Waals surface area contributed by atoms with Crippen LogP contribution in [0.2, 0.25) is 5.15 Å². The molecular formula is C23H24ClN3O3. The van der Waals surface area contributed by atoms with E-state index in [2.05, 4.69) is 10.4 Å². The number of aromatic nitrogens is 2. The first-order valence-electron chi connectivity index (χ1n) is 9.54. The van der Waals surface area contributed by atoms with E-state index < -0.39 is 0 Å². The van der Waals surface area contributed by atoms with E-state index in [0.29, 0.717) is 36.3 Å². The van der Waals surface area contributed by atoms with Crippen molar-refractivity contribution in [2.45, 2.75) is 13.5 Å². The second-order valence-corrected chi connectivity index (χ2v) is 6.98. The van der Waals surface area contributed by atoms with Gasteiger partial charge >= 0.3 is 0 Å². The molecule has 0 atom stereocenters. The Hall–Kier alpha value is -3.09. The van der Waals surface area contributed by atoms with E-state index >= 15 is 0 Å². The Morgan fingerprint density at radius 2 is 1.87 bits per heavy atom. The lowest BCUT2D eigenvalue weighted by atomic mass is 10.2. The number of hydrogen-bond donors (Lipinski definition) is 1. The number of rotatable bonds is 9. The average molecular weight is 426 g/mol. The van der Waals surface area contributed by atoms with E-state index in [-0.39, 0.29) is 5.91 Å². The molecule has 0 aliphatic heterocycles. The summed E-state index contributed by atoms with van der Waals surface area (Å²) in [5.74, 6) is 0.461. The van der Waals surface area contributed by atoms with E-state index in [4.69, 9.17) is 21.1 Å². The maximum atomic E-state index is 12.3. The van der Waals surface area contributed by atoms with Gasteiger partial charge in [0.2, 0.25) is 5.91 Å². The molecule has 6 nitrogen and oxygen atoms in total. The molecule has 30 heavy (non-hydrogen) atoms. The van der Waals surface area contributed by atoms with Gasteiger partial charge in [0.25, 0.3) is 0 Å². The molecule has 2 aromatic carbocycles. The van der Waals surface area contributed by atoms with Gasteiger partial charge in [-0.2, -0.15) is 5.10 Å². The van der Waals surface area contributed by atoms with Gasteiger partial charge in [0.1, 0.15) is 17.5 Å². The van der Waals surface area contributed by atoms with Crippen LogP contribution in [0, 0.1) is 6.92 Å². The van der Waals surface area contributed by atoms with Crippen LogP contribution in [0.1, 0.15) is 16.8 Å². The summed E-state index contributed by atoms with van der Waals surface area (Å²) in [7, 11) is 1.62. The van der Waals surface area contributed by atoms with E-state index in [1.807, 2.05) is 37.3 Å². The summed E-state index contributed by atoms with van der Waals surface area (Å²) >= 11 is 6.49. The number of carbonyl (C=O) groups excluding carboxylic acids is 1. The summed E-state index contributed by atoms with van der Waals surface area (Å²) in [6, 6.07) is 17.1. The summed E-state index contributed by atoms with van der Waals surface area (Å²) < 4.78 is 12.2. The number of halogens is 1. The standard InChI is InChI=1S/C23H24ClN3O3/c1-17-21(23(24)27(26-17)16-18-6-4-3-5-7-18)12-13-22(28)25-19-8-10-20(11-9-19)30-15-14-29-2/h3-13H,14-16H2,1-2H3,(H,25,28)/b13-12+. The summed E-state index contributed by atoms with van der Waals surface area (Å²) in [6.07, 6.45) is 3.13. The molecule has 0 fully saturated rings. The van der Waals surface area contributed by atoms with Crippen molar-refractivity contribution in [1.29, 1.82) is 0 Å². The zero-order valence-corrected chi connectivity index (χ0v) is 17.7. The minimum Gasteiger partial charge on any atom is -0.491 e. The zero-order valence-electron chi connectivity index (χ0n) is 17.0. The van der Waals surface area contributed by atoms with Crippen molar-refractivity contribution in [1.82, 2.24) is 9.78 Å². The Morgan fingerprint density at radius 3 is 2.57 bits per heavy atom. The fourth-order valence-electron chi connectivity index (χ4n) is 2.84. The molecule has 0 radical (unpaired) electrons. The third-order valence-electron chi connectivity index (χ3n) is 4.36. The lowest BCUT2D eigenvalue weighted by molar-refractivity contribution is -0.111. The molecule has 0 aliphatic rings. The predicted molar refractivity (Wildman–Crippen MR) is 119 cm³/mol. The van der Waals surface area contributed by atoms with Crippen LogP contribution < -0.4 is 10.1 Å². The Morgan fingerprint density at radius 1 is 1.13 bits per heavy atom. The van der Waals surface area contributed by atoms with Crippen LogP contribution in [0.15, 0.2) is 60.7 Å².